The molecule has 1 aliphatic heterocycles. The Kier molecular flexibility index (Phi) is 3.49. The molecule has 7 nitrogen and oxygen atoms in total. The van der Waals surface area contributed by atoms with E-state index in [-0.39, 0.29) is 10.8 Å². The van der Waals surface area contributed by atoms with Crippen molar-refractivity contribution < 1.29 is 12.9 Å². The lowest BCUT2D eigenvalue weighted by atomic mass is 9.96. The Morgan fingerprint density at radius 3 is 2.79 bits per heavy atom. The normalized spacial score (nSPS) is 17.6. The zero-order valence-corrected chi connectivity index (χ0v) is 13.9. The highest BCUT2D eigenvalue weighted by atomic mass is 32.2. The van der Waals surface area contributed by atoms with E-state index in [9.17, 15) is 8.42 Å². The first-order valence-electron chi connectivity index (χ1n) is 7.64. The van der Waals surface area contributed by atoms with E-state index in [4.69, 9.17) is 4.52 Å². The smallest absolute Gasteiger partial charge is 0.230 e. The Balaban J connectivity index is 1.57. The third-order valence-electron chi connectivity index (χ3n) is 4.30. The molecule has 1 aliphatic rings. The average molecular weight is 344 g/mol. The molecule has 24 heavy (non-hydrogen) atoms. The van der Waals surface area contributed by atoms with Crippen LogP contribution in [-0.2, 0) is 22.8 Å². The zero-order chi connectivity index (χ0) is 16.7. The third kappa shape index (κ3) is 2.73. The van der Waals surface area contributed by atoms with Crippen molar-refractivity contribution in [1.82, 2.24) is 19.7 Å². The first-order chi connectivity index (χ1) is 11.5. The number of aromatic nitrogens is 4. The fraction of sp³-hybridized carbons (Fsp3) is 0.312. The molecule has 0 fully saturated rings. The molecule has 0 bridgehead atoms. The zero-order valence-electron chi connectivity index (χ0n) is 13.1. The molecule has 0 unspecified atom stereocenters. The summed E-state index contributed by atoms with van der Waals surface area (Å²) in [5, 5.41) is 4.04. The highest BCUT2D eigenvalue weighted by molar-refractivity contribution is 7.90. The summed E-state index contributed by atoms with van der Waals surface area (Å²) in [6, 6.07) is 6.50. The summed E-state index contributed by atoms with van der Waals surface area (Å²) in [6.07, 6.45) is 6.65. The van der Waals surface area contributed by atoms with Crippen molar-refractivity contribution >= 4 is 9.84 Å². The van der Waals surface area contributed by atoms with Crippen LogP contribution in [0.4, 0.5) is 0 Å². The summed E-state index contributed by atoms with van der Waals surface area (Å²) in [6.45, 7) is 0.890. The van der Waals surface area contributed by atoms with Crippen LogP contribution < -0.4 is 0 Å². The molecule has 0 spiro atoms. The van der Waals surface area contributed by atoms with Crippen LogP contribution in [0.2, 0.25) is 0 Å². The average Bonchev–Trinajstić information content (AvgIpc) is 3.22. The third-order valence-corrected chi connectivity index (χ3v) is 5.43. The molecule has 124 valence electrons. The molecule has 0 N–H and O–H groups in total. The minimum absolute atomic E-state index is 0.186. The molecule has 0 saturated heterocycles. The van der Waals surface area contributed by atoms with Gasteiger partial charge in [-0.15, -0.1) is 0 Å². The quantitative estimate of drug-likeness (QED) is 0.722. The first kappa shape index (κ1) is 15.1. The van der Waals surface area contributed by atoms with E-state index < -0.39 is 9.84 Å². The van der Waals surface area contributed by atoms with Gasteiger partial charge >= 0.3 is 0 Å². The summed E-state index contributed by atoms with van der Waals surface area (Å²) in [5.41, 5.74) is 1.90. The second kappa shape index (κ2) is 5.55. The van der Waals surface area contributed by atoms with Crippen LogP contribution in [0.25, 0.3) is 11.4 Å². The Morgan fingerprint density at radius 2 is 2.04 bits per heavy atom. The van der Waals surface area contributed by atoms with Crippen LogP contribution in [0.1, 0.15) is 23.9 Å². The monoisotopic (exact) mass is 344 g/mol. The number of benzene rings is 1. The minimum Gasteiger partial charge on any atom is -0.339 e. The van der Waals surface area contributed by atoms with Gasteiger partial charge in [0, 0.05) is 42.6 Å². The van der Waals surface area contributed by atoms with E-state index in [0.717, 1.165) is 24.9 Å². The molecule has 0 amide bonds. The van der Waals surface area contributed by atoms with Crippen LogP contribution in [0.3, 0.4) is 0 Å². The standard InChI is InChI=1S/C16H16N4O3S/c1-24(21,22)14-4-2-11(3-5-14)15-18-16(23-19-15)12-6-7-20-10-17-9-13(20)8-12/h2-5,9-10,12H,6-8H2,1H3/t12-/m0/s1. The molecule has 1 atom stereocenters. The van der Waals surface area contributed by atoms with Gasteiger partial charge in [-0.1, -0.05) is 5.16 Å². The predicted octanol–water partition coefficient (Wildman–Crippen LogP) is 2.07. The van der Waals surface area contributed by atoms with Gasteiger partial charge in [0.2, 0.25) is 11.7 Å². The number of fused-ring (bicyclic) bond motifs is 1. The van der Waals surface area contributed by atoms with Crippen molar-refractivity contribution in [3.63, 3.8) is 0 Å². The van der Waals surface area contributed by atoms with E-state index >= 15 is 0 Å². The molecular formula is C16H16N4O3S. The van der Waals surface area contributed by atoms with Crippen LogP contribution >= 0.6 is 0 Å². The van der Waals surface area contributed by atoms with Gasteiger partial charge in [-0.2, -0.15) is 4.98 Å². The highest BCUT2D eigenvalue weighted by Crippen LogP contribution is 2.29. The van der Waals surface area contributed by atoms with E-state index in [2.05, 4.69) is 19.7 Å². The summed E-state index contributed by atoms with van der Waals surface area (Å²) in [4.78, 5) is 8.93. The van der Waals surface area contributed by atoms with Crippen LogP contribution in [-0.4, -0.2) is 34.4 Å². The lowest BCUT2D eigenvalue weighted by Gasteiger charge is -2.20. The first-order valence-corrected chi connectivity index (χ1v) is 9.53. The minimum atomic E-state index is -3.21. The van der Waals surface area contributed by atoms with Gasteiger partial charge in [0.25, 0.3) is 0 Å². The van der Waals surface area contributed by atoms with Gasteiger partial charge in [-0.25, -0.2) is 13.4 Å². The number of hydrogen-bond donors (Lipinski definition) is 0. The maximum absolute atomic E-state index is 11.5. The van der Waals surface area contributed by atoms with Crippen molar-refractivity contribution in [3.05, 3.63) is 48.4 Å². The Hall–Kier alpha value is -2.48. The fourth-order valence-corrected chi connectivity index (χ4v) is 3.58. The molecule has 2 aromatic heterocycles. The van der Waals surface area contributed by atoms with Gasteiger partial charge in [0.1, 0.15) is 0 Å². The molecule has 3 heterocycles. The molecule has 0 radical (unpaired) electrons. The van der Waals surface area contributed by atoms with Crippen LogP contribution in [0, 0.1) is 0 Å². The number of nitrogens with zero attached hydrogens (tertiary/aromatic N) is 4. The van der Waals surface area contributed by atoms with E-state index in [1.807, 2.05) is 12.5 Å². The number of hydrogen-bond acceptors (Lipinski definition) is 6. The number of sulfone groups is 1. The van der Waals surface area contributed by atoms with Gasteiger partial charge < -0.3 is 9.09 Å². The van der Waals surface area contributed by atoms with Gasteiger partial charge in [-0.3, -0.25) is 0 Å². The van der Waals surface area contributed by atoms with Crippen LogP contribution in [0.15, 0.2) is 46.2 Å². The maximum Gasteiger partial charge on any atom is 0.230 e. The summed E-state index contributed by atoms with van der Waals surface area (Å²) < 4.78 is 30.6. The van der Waals surface area contributed by atoms with Crippen LogP contribution in [0.5, 0.6) is 0 Å². The van der Waals surface area contributed by atoms with Crippen molar-refractivity contribution in [2.75, 3.05) is 6.26 Å². The van der Waals surface area contributed by atoms with E-state index in [1.54, 1.807) is 24.3 Å². The number of aryl methyl sites for hydroxylation is 1. The SMILES string of the molecule is CS(=O)(=O)c1ccc(-c2noc([C@H]3CCn4cncc4C3)n2)cc1. The second-order valence-electron chi connectivity index (χ2n) is 6.02. The second-order valence-corrected chi connectivity index (χ2v) is 8.04. The van der Waals surface area contributed by atoms with Gasteiger partial charge in [-0.05, 0) is 30.7 Å². The summed E-state index contributed by atoms with van der Waals surface area (Å²) in [7, 11) is -3.21. The number of imidazole rings is 1. The molecular weight excluding hydrogens is 328 g/mol. The van der Waals surface area contributed by atoms with E-state index in [0.29, 0.717) is 11.7 Å². The van der Waals surface area contributed by atoms with Crippen molar-refractivity contribution in [2.45, 2.75) is 30.2 Å². The molecule has 0 saturated carbocycles. The Morgan fingerprint density at radius 1 is 1.25 bits per heavy atom. The molecule has 0 aliphatic carbocycles. The highest BCUT2D eigenvalue weighted by Gasteiger charge is 2.25. The molecule has 3 aromatic rings. The molecule has 8 heteroatoms. The van der Waals surface area contributed by atoms with Crippen molar-refractivity contribution in [2.24, 2.45) is 0 Å². The topological polar surface area (TPSA) is 90.9 Å². The van der Waals surface area contributed by atoms with E-state index in [1.165, 1.54) is 11.9 Å². The Labute approximate surface area is 139 Å². The summed E-state index contributed by atoms with van der Waals surface area (Å²) in [5.74, 6) is 1.28. The van der Waals surface area contributed by atoms with Crippen molar-refractivity contribution in [1.29, 1.82) is 0 Å². The molecule has 4 rings (SSSR count). The fourth-order valence-electron chi connectivity index (χ4n) is 2.95. The largest absolute Gasteiger partial charge is 0.339 e. The Bertz CT molecular complexity index is 973. The lowest BCUT2D eigenvalue weighted by molar-refractivity contribution is 0.325. The van der Waals surface area contributed by atoms with Crippen molar-refractivity contribution in [3.8, 4) is 11.4 Å². The van der Waals surface area contributed by atoms with Gasteiger partial charge in [0.05, 0.1) is 11.2 Å². The molecule has 1 aromatic carbocycles. The van der Waals surface area contributed by atoms with Gasteiger partial charge in [0.15, 0.2) is 9.84 Å². The summed E-state index contributed by atoms with van der Waals surface area (Å²) >= 11 is 0. The lowest BCUT2D eigenvalue weighted by Crippen LogP contribution is -2.17. The number of rotatable bonds is 3. The maximum atomic E-state index is 11.5. The predicted molar refractivity (Wildman–Crippen MR) is 86.1 cm³/mol.